The van der Waals surface area contributed by atoms with Crippen molar-refractivity contribution in [2.75, 3.05) is 13.0 Å². The highest BCUT2D eigenvalue weighted by Crippen LogP contribution is 2.17. The lowest BCUT2D eigenvalue weighted by Gasteiger charge is -2.08. The third-order valence-corrected chi connectivity index (χ3v) is 3.44. The molecule has 3 aromatic heterocycles. The van der Waals surface area contributed by atoms with E-state index in [-0.39, 0.29) is 0 Å². The molecule has 0 spiro atoms. The summed E-state index contributed by atoms with van der Waals surface area (Å²) in [4.78, 5) is 13.3. The van der Waals surface area contributed by atoms with Crippen molar-refractivity contribution in [3.8, 4) is 5.88 Å². The summed E-state index contributed by atoms with van der Waals surface area (Å²) in [6.07, 6.45) is 4.29. The zero-order valence-electron chi connectivity index (χ0n) is 11.7. The fourth-order valence-corrected chi connectivity index (χ4v) is 2.42. The molecule has 0 aliphatic carbocycles. The SMILES string of the molecule is COc1ccc(Cn2c(CCCl)nc3cccnc32)cn1. The number of nitrogens with zero attached hydrogens (tertiary/aromatic N) is 4. The van der Waals surface area contributed by atoms with E-state index in [1.54, 1.807) is 19.5 Å². The van der Waals surface area contributed by atoms with Crippen molar-refractivity contribution in [3.05, 3.63) is 48.0 Å². The maximum atomic E-state index is 5.88. The number of imidazole rings is 1. The second kappa shape index (κ2) is 6.10. The molecule has 0 saturated heterocycles. The fraction of sp³-hybridized carbons (Fsp3) is 0.267. The van der Waals surface area contributed by atoms with E-state index in [1.807, 2.05) is 24.3 Å². The fourth-order valence-electron chi connectivity index (χ4n) is 2.25. The van der Waals surface area contributed by atoms with Crippen LogP contribution in [0.2, 0.25) is 0 Å². The van der Waals surface area contributed by atoms with E-state index in [0.717, 1.165) is 22.6 Å². The molecular formula is C15H15ClN4O. The molecule has 0 aliphatic rings. The van der Waals surface area contributed by atoms with E-state index in [0.29, 0.717) is 24.7 Å². The predicted octanol–water partition coefficient (Wildman–Crippen LogP) is 2.66. The van der Waals surface area contributed by atoms with Crippen LogP contribution in [-0.2, 0) is 13.0 Å². The third-order valence-electron chi connectivity index (χ3n) is 3.25. The van der Waals surface area contributed by atoms with Crippen LogP contribution in [0.15, 0.2) is 36.7 Å². The van der Waals surface area contributed by atoms with Crippen molar-refractivity contribution in [3.63, 3.8) is 0 Å². The Morgan fingerprint density at radius 3 is 2.86 bits per heavy atom. The second-order valence-corrected chi connectivity index (χ2v) is 4.99. The Bertz CT molecular complexity index is 739. The first-order chi connectivity index (χ1) is 10.3. The molecule has 0 fully saturated rings. The number of ether oxygens (including phenoxy) is 1. The Kier molecular flexibility index (Phi) is 4.01. The van der Waals surface area contributed by atoms with Gasteiger partial charge in [-0.3, -0.25) is 0 Å². The lowest BCUT2D eigenvalue weighted by Crippen LogP contribution is -2.07. The van der Waals surface area contributed by atoms with Gasteiger partial charge in [0, 0.05) is 30.8 Å². The number of fused-ring (bicyclic) bond motifs is 1. The monoisotopic (exact) mass is 302 g/mol. The van der Waals surface area contributed by atoms with Gasteiger partial charge >= 0.3 is 0 Å². The number of pyridine rings is 2. The number of alkyl halides is 1. The first-order valence-corrected chi connectivity index (χ1v) is 7.20. The van der Waals surface area contributed by atoms with Gasteiger partial charge in [-0.25, -0.2) is 15.0 Å². The first-order valence-electron chi connectivity index (χ1n) is 6.67. The lowest BCUT2D eigenvalue weighted by molar-refractivity contribution is 0.397. The quantitative estimate of drug-likeness (QED) is 0.680. The van der Waals surface area contributed by atoms with Crippen molar-refractivity contribution < 1.29 is 4.74 Å². The summed E-state index contributed by atoms with van der Waals surface area (Å²) in [6.45, 7) is 0.663. The number of halogens is 1. The molecule has 0 N–H and O–H groups in total. The number of aryl methyl sites for hydroxylation is 1. The van der Waals surface area contributed by atoms with Gasteiger partial charge in [0.25, 0.3) is 0 Å². The average Bonchev–Trinajstić information content (AvgIpc) is 2.86. The van der Waals surface area contributed by atoms with Gasteiger partial charge in [-0.1, -0.05) is 6.07 Å². The molecule has 21 heavy (non-hydrogen) atoms. The van der Waals surface area contributed by atoms with Crippen molar-refractivity contribution in [2.45, 2.75) is 13.0 Å². The van der Waals surface area contributed by atoms with Gasteiger partial charge in [-0.2, -0.15) is 0 Å². The van der Waals surface area contributed by atoms with Crippen LogP contribution >= 0.6 is 11.6 Å². The molecule has 3 aromatic rings. The van der Waals surface area contributed by atoms with Crippen molar-refractivity contribution in [1.29, 1.82) is 0 Å². The minimum absolute atomic E-state index is 0.532. The summed E-state index contributed by atoms with van der Waals surface area (Å²) < 4.78 is 7.16. The Balaban J connectivity index is 1.99. The molecule has 5 nitrogen and oxygen atoms in total. The Labute approximate surface area is 127 Å². The number of methoxy groups -OCH3 is 1. The smallest absolute Gasteiger partial charge is 0.212 e. The molecule has 0 radical (unpaired) electrons. The summed E-state index contributed by atoms with van der Waals surface area (Å²) >= 11 is 5.88. The molecule has 0 amide bonds. The molecule has 3 rings (SSSR count). The molecule has 0 unspecified atom stereocenters. The van der Waals surface area contributed by atoms with Gasteiger partial charge in [0.2, 0.25) is 5.88 Å². The van der Waals surface area contributed by atoms with Gasteiger partial charge in [0.1, 0.15) is 11.3 Å². The highest BCUT2D eigenvalue weighted by Gasteiger charge is 2.11. The van der Waals surface area contributed by atoms with Gasteiger partial charge < -0.3 is 9.30 Å². The second-order valence-electron chi connectivity index (χ2n) is 4.61. The normalized spacial score (nSPS) is 11.0. The number of hydrogen-bond donors (Lipinski definition) is 0. The molecule has 6 heteroatoms. The van der Waals surface area contributed by atoms with Gasteiger partial charge in [-0.05, 0) is 17.7 Å². The summed E-state index contributed by atoms with van der Waals surface area (Å²) in [5, 5.41) is 0. The van der Waals surface area contributed by atoms with Crippen LogP contribution in [0.3, 0.4) is 0 Å². The van der Waals surface area contributed by atoms with E-state index in [2.05, 4.69) is 19.5 Å². The molecular weight excluding hydrogens is 288 g/mol. The van der Waals surface area contributed by atoms with Crippen molar-refractivity contribution in [2.24, 2.45) is 0 Å². The molecule has 3 heterocycles. The zero-order chi connectivity index (χ0) is 14.7. The first kappa shape index (κ1) is 13.8. The van der Waals surface area contributed by atoms with Crippen LogP contribution in [0.1, 0.15) is 11.4 Å². The van der Waals surface area contributed by atoms with Crippen LogP contribution in [0.5, 0.6) is 5.88 Å². The topological polar surface area (TPSA) is 52.8 Å². The molecule has 108 valence electrons. The summed E-state index contributed by atoms with van der Waals surface area (Å²) in [6, 6.07) is 7.69. The van der Waals surface area contributed by atoms with Crippen LogP contribution in [0, 0.1) is 0 Å². The summed E-state index contributed by atoms with van der Waals surface area (Å²) in [7, 11) is 1.61. The highest BCUT2D eigenvalue weighted by molar-refractivity contribution is 6.17. The third kappa shape index (κ3) is 2.83. The standard InChI is InChI=1S/C15H15ClN4O/c1-21-14-5-4-11(9-18-14)10-20-13(6-7-16)19-12-3-2-8-17-15(12)20/h2-5,8-9H,6-7,10H2,1H3. The maximum Gasteiger partial charge on any atom is 0.212 e. The van der Waals surface area contributed by atoms with Gasteiger partial charge in [0.15, 0.2) is 5.65 Å². The minimum Gasteiger partial charge on any atom is -0.481 e. The largest absolute Gasteiger partial charge is 0.481 e. The zero-order valence-corrected chi connectivity index (χ0v) is 12.4. The van der Waals surface area contributed by atoms with Crippen LogP contribution in [-0.4, -0.2) is 32.5 Å². The highest BCUT2D eigenvalue weighted by atomic mass is 35.5. The Morgan fingerprint density at radius 1 is 1.24 bits per heavy atom. The molecule has 0 saturated carbocycles. The van der Waals surface area contributed by atoms with Crippen LogP contribution in [0.25, 0.3) is 11.2 Å². The van der Waals surface area contributed by atoms with E-state index in [4.69, 9.17) is 16.3 Å². The van der Waals surface area contributed by atoms with E-state index in [1.165, 1.54) is 0 Å². The Hall–Kier alpha value is -2.14. The van der Waals surface area contributed by atoms with E-state index < -0.39 is 0 Å². The maximum absolute atomic E-state index is 5.88. The number of rotatable bonds is 5. The molecule has 0 aliphatic heterocycles. The van der Waals surface area contributed by atoms with Crippen molar-refractivity contribution >= 4 is 22.8 Å². The molecule has 0 aromatic carbocycles. The number of aromatic nitrogens is 4. The van der Waals surface area contributed by atoms with Gasteiger partial charge in [0.05, 0.1) is 13.7 Å². The van der Waals surface area contributed by atoms with Gasteiger partial charge in [-0.15, -0.1) is 11.6 Å². The predicted molar refractivity (Wildman–Crippen MR) is 81.8 cm³/mol. The summed E-state index contributed by atoms with van der Waals surface area (Å²) in [5.74, 6) is 2.08. The molecule has 0 atom stereocenters. The van der Waals surface area contributed by atoms with Crippen LogP contribution in [0.4, 0.5) is 0 Å². The average molecular weight is 303 g/mol. The number of hydrogen-bond acceptors (Lipinski definition) is 4. The van der Waals surface area contributed by atoms with Crippen molar-refractivity contribution in [1.82, 2.24) is 19.5 Å². The Morgan fingerprint density at radius 2 is 2.14 bits per heavy atom. The lowest BCUT2D eigenvalue weighted by atomic mass is 10.2. The summed E-state index contributed by atoms with van der Waals surface area (Å²) in [5.41, 5.74) is 2.82. The molecule has 0 bridgehead atoms. The van der Waals surface area contributed by atoms with E-state index >= 15 is 0 Å². The van der Waals surface area contributed by atoms with Crippen LogP contribution < -0.4 is 4.74 Å². The van der Waals surface area contributed by atoms with E-state index in [9.17, 15) is 0 Å². The minimum atomic E-state index is 0.532.